The van der Waals surface area contributed by atoms with Gasteiger partial charge in [0.25, 0.3) is 0 Å². The highest BCUT2D eigenvalue weighted by atomic mass is 16.5. The van der Waals surface area contributed by atoms with Gasteiger partial charge in [0.1, 0.15) is 11.5 Å². The minimum atomic E-state index is 0.171. The smallest absolute Gasteiger partial charge is 0.120 e. The number of hydrogen-bond acceptors (Lipinski definition) is 2. The molecule has 0 saturated heterocycles. The molecule has 2 heteroatoms. The molecule has 0 aromatic heterocycles. The van der Waals surface area contributed by atoms with Crippen LogP contribution >= 0.6 is 0 Å². The van der Waals surface area contributed by atoms with Gasteiger partial charge in [-0.05, 0) is 49.2 Å². The zero-order chi connectivity index (χ0) is 12.3. The van der Waals surface area contributed by atoms with E-state index in [1.807, 2.05) is 50.2 Å². The summed E-state index contributed by atoms with van der Waals surface area (Å²) in [6, 6.07) is 15.1. The number of aromatic hydroxyl groups is 1. The van der Waals surface area contributed by atoms with E-state index in [1.54, 1.807) is 12.1 Å². The Balaban J connectivity index is 2.29. The fraction of sp³-hybridized carbons (Fsp3) is 0.200. The molecule has 1 N–H and O–H groups in total. The van der Waals surface area contributed by atoms with E-state index in [2.05, 4.69) is 0 Å². The normalized spacial score (nSPS) is 10.5. The Bertz CT molecular complexity index is 487. The lowest BCUT2D eigenvalue weighted by molar-refractivity contribution is 0.242. The van der Waals surface area contributed by atoms with Crippen LogP contribution in [0.1, 0.15) is 13.8 Å². The van der Waals surface area contributed by atoms with Gasteiger partial charge in [-0.1, -0.05) is 24.3 Å². The van der Waals surface area contributed by atoms with Crippen LogP contribution in [0.15, 0.2) is 48.5 Å². The molecular formula is C15H16O2. The monoisotopic (exact) mass is 228 g/mol. The number of benzene rings is 2. The van der Waals surface area contributed by atoms with Crippen LogP contribution in [0.25, 0.3) is 11.1 Å². The van der Waals surface area contributed by atoms with Crippen molar-refractivity contribution in [1.82, 2.24) is 0 Å². The quantitative estimate of drug-likeness (QED) is 0.864. The third-order valence-electron chi connectivity index (χ3n) is 2.41. The fourth-order valence-corrected chi connectivity index (χ4v) is 1.68. The molecule has 0 atom stereocenters. The maximum absolute atomic E-state index is 9.25. The van der Waals surface area contributed by atoms with E-state index in [9.17, 15) is 5.11 Å². The van der Waals surface area contributed by atoms with Crippen molar-refractivity contribution in [3.05, 3.63) is 48.5 Å². The molecule has 2 nitrogen and oxygen atoms in total. The lowest BCUT2D eigenvalue weighted by Crippen LogP contribution is -2.05. The van der Waals surface area contributed by atoms with E-state index in [-0.39, 0.29) is 11.9 Å². The molecule has 17 heavy (non-hydrogen) atoms. The van der Waals surface area contributed by atoms with Crippen LogP contribution in [0.4, 0.5) is 0 Å². The van der Waals surface area contributed by atoms with Gasteiger partial charge in [-0.25, -0.2) is 0 Å². The van der Waals surface area contributed by atoms with Crippen molar-refractivity contribution in [3.8, 4) is 22.6 Å². The third-order valence-corrected chi connectivity index (χ3v) is 2.41. The Morgan fingerprint density at radius 1 is 0.941 bits per heavy atom. The zero-order valence-electron chi connectivity index (χ0n) is 10.1. The van der Waals surface area contributed by atoms with Gasteiger partial charge in [-0.2, -0.15) is 0 Å². The second-order valence-electron chi connectivity index (χ2n) is 4.24. The van der Waals surface area contributed by atoms with E-state index in [0.717, 1.165) is 16.9 Å². The Labute approximate surface area is 101 Å². The fourth-order valence-electron chi connectivity index (χ4n) is 1.68. The first-order valence-corrected chi connectivity index (χ1v) is 5.71. The standard InChI is InChI=1S/C15H16O2/c1-11(2)17-15-5-3-4-13(10-15)12-6-8-14(16)9-7-12/h3-11,16H,1-2H3. The largest absolute Gasteiger partial charge is 0.508 e. The van der Waals surface area contributed by atoms with Crippen LogP contribution in [-0.2, 0) is 0 Å². The third kappa shape index (κ3) is 3.00. The van der Waals surface area contributed by atoms with Crippen LogP contribution < -0.4 is 4.74 Å². The molecule has 0 heterocycles. The lowest BCUT2D eigenvalue weighted by Gasteiger charge is -2.11. The maximum Gasteiger partial charge on any atom is 0.120 e. The lowest BCUT2D eigenvalue weighted by atomic mass is 10.1. The summed E-state index contributed by atoms with van der Waals surface area (Å²) < 4.78 is 5.65. The number of ether oxygens (including phenoxy) is 1. The van der Waals surface area contributed by atoms with Crippen molar-refractivity contribution < 1.29 is 9.84 Å². The summed E-state index contributed by atoms with van der Waals surface area (Å²) in [5.74, 6) is 1.15. The first kappa shape index (κ1) is 11.5. The summed E-state index contributed by atoms with van der Waals surface area (Å²) >= 11 is 0. The molecule has 0 saturated carbocycles. The molecule has 88 valence electrons. The van der Waals surface area contributed by atoms with Crippen LogP contribution in [0.5, 0.6) is 11.5 Å². The average Bonchev–Trinajstić information content (AvgIpc) is 2.29. The molecule has 0 spiro atoms. The van der Waals surface area contributed by atoms with E-state index >= 15 is 0 Å². The topological polar surface area (TPSA) is 29.5 Å². The van der Waals surface area contributed by atoms with E-state index in [1.165, 1.54) is 0 Å². The summed E-state index contributed by atoms with van der Waals surface area (Å²) in [7, 11) is 0. The van der Waals surface area contributed by atoms with Crippen molar-refractivity contribution >= 4 is 0 Å². The minimum absolute atomic E-state index is 0.171. The van der Waals surface area contributed by atoms with Gasteiger partial charge in [0.05, 0.1) is 6.10 Å². The van der Waals surface area contributed by atoms with E-state index in [4.69, 9.17) is 4.74 Å². The van der Waals surface area contributed by atoms with Crippen LogP contribution in [0.2, 0.25) is 0 Å². The van der Waals surface area contributed by atoms with Gasteiger partial charge in [-0.3, -0.25) is 0 Å². The van der Waals surface area contributed by atoms with Crippen molar-refractivity contribution in [2.75, 3.05) is 0 Å². The van der Waals surface area contributed by atoms with Gasteiger partial charge in [-0.15, -0.1) is 0 Å². The Morgan fingerprint density at radius 2 is 1.65 bits per heavy atom. The SMILES string of the molecule is CC(C)Oc1cccc(-c2ccc(O)cc2)c1. The van der Waals surface area contributed by atoms with Crippen molar-refractivity contribution in [2.45, 2.75) is 20.0 Å². The molecule has 0 fully saturated rings. The van der Waals surface area contributed by atoms with Gasteiger partial charge < -0.3 is 9.84 Å². The summed E-state index contributed by atoms with van der Waals surface area (Å²) in [4.78, 5) is 0. The molecule has 0 amide bonds. The van der Waals surface area contributed by atoms with Gasteiger partial charge in [0, 0.05) is 0 Å². The average molecular weight is 228 g/mol. The van der Waals surface area contributed by atoms with Crippen molar-refractivity contribution in [3.63, 3.8) is 0 Å². The molecule has 0 aliphatic heterocycles. The molecule has 2 aromatic rings. The van der Waals surface area contributed by atoms with Crippen LogP contribution in [-0.4, -0.2) is 11.2 Å². The van der Waals surface area contributed by atoms with E-state index in [0.29, 0.717) is 0 Å². The molecule has 0 aliphatic carbocycles. The van der Waals surface area contributed by atoms with Crippen molar-refractivity contribution in [1.29, 1.82) is 0 Å². The predicted octanol–water partition coefficient (Wildman–Crippen LogP) is 3.85. The zero-order valence-corrected chi connectivity index (χ0v) is 10.1. The van der Waals surface area contributed by atoms with E-state index < -0.39 is 0 Å². The second-order valence-corrected chi connectivity index (χ2v) is 4.24. The molecule has 2 aromatic carbocycles. The molecule has 0 unspecified atom stereocenters. The summed E-state index contributed by atoms with van der Waals surface area (Å²) in [5, 5.41) is 9.25. The first-order valence-electron chi connectivity index (χ1n) is 5.71. The summed E-state index contributed by atoms with van der Waals surface area (Å²) in [6.07, 6.45) is 0.171. The second kappa shape index (κ2) is 4.91. The predicted molar refractivity (Wildman–Crippen MR) is 69.3 cm³/mol. The molecule has 2 rings (SSSR count). The number of hydrogen-bond donors (Lipinski definition) is 1. The summed E-state index contributed by atoms with van der Waals surface area (Å²) in [5.41, 5.74) is 2.15. The number of rotatable bonds is 3. The Kier molecular flexibility index (Phi) is 3.33. The van der Waals surface area contributed by atoms with Gasteiger partial charge in [0.2, 0.25) is 0 Å². The highest BCUT2D eigenvalue weighted by molar-refractivity contribution is 5.65. The molecule has 0 aliphatic rings. The first-order chi connectivity index (χ1) is 8.15. The van der Waals surface area contributed by atoms with Crippen molar-refractivity contribution in [2.24, 2.45) is 0 Å². The number of phenols is 1. The highest BCUT2D eigenvalue weighted by Crippen LogP contribution is 2.25. The Morgan fingerprint density at radius 3 is 2.29 bits per heavy atom. The minimum Gasteiger partial charge on any atom is -0.508 e. The van der Waals surface area contributed by atoms with Gasteiger partial charge in [0.15, 0.2) is 0 Å². The highest BCUT2D eigenvalue weighted by Gasteiger charge is 2.01. The van der Waals surface area contributed by atoms with Crippen LogP contribution in [0, 0.1) is 0 Å². The molecular weight excluding hydrogens is 212 g/mol. The maximum atomic E-state index is 9.25. The Hall–Kier alpha value is -1.96. The summed E-state index contributed by atoms with van der Waals surface area (Å²) in [6.45, 7) is 4.01. The number of phenolic OH excluding ortho intramolecular Hbond substituents is 1. The van der Waals surface area contributed by atoms with Gasteiger partial charge >= 0.3 is 0 Å². The molecule has 0 radical (unpaired) electrons. The molecule has 0 bridgehead atoms. The van der Waals surface area contributed by atoms with Crippen LogP contribution in [0.3, 0.4) is 0 Å².